The highest BCUT2D eigenvalue weighted by Crippen LogP contribution is 2.25. The van der Waals surface area contributed by atoms with Gasteiger partial charge in [0.05, 0.1) is 0 Å². The SMILES string of the molecule is C/C=C(\Oc1ccccc1)c1ccc(C(=O)N2CCC[C@H]2CN2CCCC2)cc1. The maximum Gasteiger partial charge on any atom is 0.254 e. The fourth-order valence-corrected chi connectivity index (χ4v) is 4.40. The zero-order valence-corrected chi connectivity index (χ0v) is 17.2. The van der Waals surface area contributed by atoms with Crippen LogP contribution in [0.4, 0.5) is 0 Å². The van der Waals surface area contributed by atoms with Gasteiger partial charge in [-0.2, -0.15) is 0 Å². The number of para-hydroxylation sites is 1. The molecule has 4 nitrogen and oxygen atoms in total. The molecule has 0 radical (unpaired) electrons. The van der Waals surface area contributed by atoms with E-state index in [2.05, 4.69) is 9.80 Å². The number of rotatable bonds is 6. The second-order valence-corrected chi connectivity index (χ2v) is 7.95. The van der Waals surface area contributed by atoms with Gasteiger partial charge >= 0.3 is 0 Å². The Morgan fingerprint density at radius 3 is 2.34 bits per heavy atom. The lowest BCUT2D eigenvalue weighted by Gasteiger charge is -2.28. The highest BCUT2D eigenvalue weighted by atomic mass is 16.5. The quantitative estimate of drug-likeness (QED) is 0.663. The van der Waals surface area contributed by atoms with Gasteiger partial charge in [0.2, 0.25) is 0 Å². The van der Waals surface area contributed by atoms with Gasteiger partial charge in [0.15, 0.2) is 0 Å². The first-order chi connectivity index (χ1) is 14.2. The Bertz CT molecular complexity index is 839. The minimum atomic E-state index is 0.157. The summed E-state index contributed by atoms with van der Waals surface area (Å²) in [6.45, 7) is 6.22. The Kier molecular flexibility index (Phi) is 6.30. The Labute approximate surface area is 173 Å². The first kappa shape index (κ1) is 19.7. The van der Waals surface area contributed by atoms with Crippen molar-refractivity contribution >= 4 is 11.7 Å². The number of carbonyl (C=O) groups excluding carboxylic acids is 1. The summed E-state index contributed by atoms with van der Waals surface area (Å²) in [6, 6.07) is 17.9. The number of nitrogens with zero attached hydrogens (tertiary/aromatic N) is 2. The predicted molar refractivity (Wildman–Crippen MR) is 117 cm³/mol. The van der Waals surface area contributed by atoms with Gasteiger partial charge in [0, 0.05) is 30.3 Å². The second-order valence-electron chi connectivity index (χ2n) is 7.95. The van der Waals surface area contributed by atoms with Gasteiger partial charge in [-0.25, -0.2) is 0 Å². The van der Waals surface area contributed by atoms with Gasteiger partial charge in [-0.05, 0) is 76.0 Å². The molecule has 0 aliphatic carbocycles. The van der Waals surface area contributed by atoms with Crippen LogP contribution in [0.2, 0.25) is 0 Å². The van der Waals surface area contributed by atoms with Crippen molar-refractivity contribution in [1.29, 1.82) is 0 Å². The molecule has 1 atom stereocenters. The van der Waals surface area contributed by atoms with E-state index >= 15 is 0 Å². The van der Waals surface area contributed by atoms with Gasteiger partial charge in [-0.1, -0.05) is 30.3 Å². The molecule has 2 aliphatic rings. The van der Waals surface area contributed by atoms with Crippen LogP contribution in [0.3, 0.4) is 0 Å². The lowest BCUT2D eigenvalue weighted by Crippen LogP contribution is -2.42. The third-order valence-corrected chi connectivity index (χ3v) is 5.96. The lowest BCUT2D eigenvalue weighted by molar-refractivity contribution is 0.0709. The molecule has 29 heavy (non-hydrogen) atoms. The Balaban J connectivity index is 1.43. The standard InChI is InChI=1S/C25H30N2O2/c1-2-24(29-23-10-4-3-5-11-23)20-12-14-21(15-13-20)25(28)27-18-8-9-22(27)19-26-16-6-7-17-26/h2-5,10-15,22H,6-9,16-19H2,1H3/b24-2-/t22-/m0/s1. The van der Waals surface area contributed by atoms with Crippen molar-refractivity contribution in [2.75, 3.05) is 26.2 Å². The van der Waals surface area contributed by atoms with Crippen LogP contribution in [0.5, 0.6) is 5.75 Å². The molecule has 0 bridgehead atoms. The Morgan fingerprint density at radius 2 is 1.66 bits per heavy atom. The summed E-state index contributed by atoms with van der Waals surface area (Å²) < 4.78 is 6.00. The summed E-state index contributed by atoms with van der Waals surface area (Å²) in [5, 5.41) is 0. The van der Waals surface area contributed by atoms with Crippen molar-refractivity contribution in [1.82, 2.24) is 9.80 Å². The van der Waals surface area contributed by atoms with Crippen molar-refractivity contribution in [2.24, 2.45) is 0 Å². The van der Waals surface area contributed by atoms with Gasteiger partial charge in [-0.3, -0.25) is 4.79 Å². The summed E-state index contributed by atoms with van der Waals surface area (Å²) in [5.74, 6) is 1.76. The third-order valence-electron chi connectivity index (χ3n) is 5.96. The molecule has 4 rings (SSSR count). The maximum absolute atomic E-state index is 13.1. The van der Waals surface area contributed by atoms with Crippen LogP contribution < -0.4 is 4.74 Å². The van der Waals surface area contributed by atoms with Crippen LogP contribution >= 0.6 is 0 Å². The highest BCUT2D eigenvalue weighted by molar-refractivity contribution is 5.95. The highest BCUT2D eigenvalue weighted by Gasteiger charge is 2.31. The number of amides is 1. The summed E-state index contributed by atoms with van der Waals surface area (Å²) in [4.78, 5) is 17.7. The first-order valence-electron chi connectivity index (χ1n) is 10.8. The van der Waals surface area contributed by atoms with E-state index in [-0.39, 0.29) is 5.91 Å². The number of allylic oxidation sites excluding steroid dienone is 1. The summed E-state index contributed by atoms with van der Waals surface area (Å²) in [6.07, 6.45) is 6.77. The minimum Gasteiger partial charge on any atom is -0.457 e. The van der Waals surface area contributed by atoms with Crippen LogP contribution in [-0.4, -0.2) is 47.9 Å². The minimum absolute atomic E-state index is 0.157. The van der Waals surface area contributed by atoms with Crippen LogP contribution in [0.15, 0.2) is 60.7 Å². The average Bonchev–Trinajstić information content (AvgIpc) is 3.45. The molecule has 2 saturated heterocycles. The first-order valence-corrected chi connectivity index (χ1v) is 10.8. The molecule has 0 spiro atoms. The zero-order valence-electron chi connectivity index (χ0n) is 17.2. The number of ether oxygens (including phenoxy) is 1. The molecule has 4 heteroatoms. The van der Waals surface area contributed by atoms with E-state index < -0.39 is 0 Å². The Hall–Kier alpha value is -2.59. The van der Waals surface area contributed by atoms with Crippen molar-refractivity contribution in [3.63, 3.8) is 0 Å². The summed E-state index contributed by atoms with van der Waals surface area (Å²) in [5.41, 5.74) is 1.74. The van der Waals surface area contributed by atoms with E-state index in [0.29, 0.717) is 6.04 Å². The molecule has 2 aromatic carbocycles. The second kappa shape index (κ2) is 9.27. The van der Waals surface area contributed by atoms with Crippen LogP contribution in [-0.2, 0) is 0 Å². The molecule has 0 aromatic heterocycles. The number of likely N-dealkylation sites (tertiary alicyclic amines) is 2. The van der Waals surface area contributed by atoms with Gasteiger partial charge in [0.1, 0.15) is 11.5 Å². The molecule has 2 aliphatic heterocycles. The zero-order chi connectivity index (χ0) is 20.1. The molecule has 0 saturated carbocycles. The van der Waals surface area contributed by atoms with Gasteiger partial charge < -0.3 is 14.5 Å². The normalized spacial score (nSPS) is 20.2. The van der Waals surface area contributed by atoms with Crippen LogP contribution in [0.1, 0.15) is 48.5 Å². The largest absolute Gasteiger partial charge is 0.457 e. The maximum atomic E-state index is 13.1. The van der Waals surface area contributed by atoms with E-state index in [9.17, 15) is 4.79 Å². The molecule has 2 fully saturated rings. The van der Waals surface area contributed by atoms with E-state index in [1.165, 1.54) is 25.9 Å². The molecule has 1 amide bonds. The fraction of sp³-hybridized carbons (Fsp3) is 0.400. The molecule has 0 unspecified atom stereocenters. The number of benzene rings is 2. The van der Waals surface area contributed by atoms with Crippen LogP contribution in [0.25, 0.3) is 5.76 Å². The number of hydrogen-bond donors (Lipinski definition) is 0. The van der Waals surface area contributed by atoms with E-state index in [1.54, 1.807) is 0 Å². The van der Waals surface area contributed by atoms with Crippen molar-refractivity contribution in [2.45, 2.75) is 38.6 Å². The molecular weight excluding hydrogens is 360 g/mol. The lowest BCUT2D eigenvalue weighted by atomic mass is 10.1. The van der Waals surface area contributed by atoms with Gasteiger partial charge in [-0.15, -0.1) is 0 Å². The third kappa shape index (κ3) is 4.70. The Morgan fingerprint density at radius 1 is 0.966 bits per heavy atom. The van der Waals surface area contributed by atoms with Crippen molar-refractivity contribution in [3.8, 4) is 5.75 Å². The van der Waals surface area contributed by atoms with E-state index in [0.717, 1.165) is 48.6 Å². The van der Waals surface area contributed by atoms with Gasteiger partial charge in [0.25, 0.3) is 5.91 Å². The molecule has 0 N–H and O–H groups in total. The van der Waals surface area contributed by atoms with E-state index in [1.807, 2.05) is 67.6 Å². The molecular formula is C25H30N2O2. The van der Waals surface area contributed by atoms with Crippen molar-refractivity contribution in [3.05, 3.63) is 71.8 Å². The van der Waals surface area contributed by atoms with Crippen LogP contribution in [0, 0.1) is 0 Å². The fourth-order valence-electron chi connectivity index (χ4n) is 4.40. The predicted octanol–water partition coefficient (Wildman–Crippen LogP) is 4.83. The molecule has 2 heterocycles. The smallest absolute Gasteiger partial charge is 0.254 e. The summed E-state index contributed by atoms with van der Waals surface area (Å²) in [7, 11) is 0. The monoisotopic (exact) mass is 390 g/mol. The average molecular weight is 391 g/mol. The number of carbonyl (C=O) groups is 1. The number of hydrogen-bond acceptors (Lipinski definition) is 3. The van der Waals surface area contributed by atoms with Crippen molar-refractivity contribution < 1.29 is 9.53 Å². The molecule has 152 valence electrons. The molecule has 2 aromatic rings. The summed E-state index contributed by atoms with van der Waals surface area (Å²) >= 11 is 0. The van der Waals surface area contributed by atoms with E-state index in [4.69, 9.17) is 4.74 Å². The topological polar surface area (TPSA) is 32.8 Å².